The molecule has 26 heavy (non-hydrogen) atoms. The van der Waals surface area contributed by atoms with Crippen LogP contribution in [0.2, 0.25) is 5.02 Å². The minimum absolute atomic E-state index is 0.340. The quantitative estimate of drug-likeness (QED) is 0.738. The van der Waals surface area contributed by atoms with E-state index in [2.05, 4.69) is 15.2 Å². The van der Waals surface area contributed by atoms with Gasteiger partial charge in [-0.25, -0.2) is 4.98 Å². The summed E-state index contributed by atoms with van der Waals surface area (Å²) in [6.45, 7) is 3.05. The Hall–Kier alpha value is -2.29. The number of thiazole rings is 1. The van der Waals surface area contributed by atoms with Gasteiger partial charge in [0.15, 0.2) is 0 Å². The highest BCUT2D eigenvalue weighted by atomic mass is 35.5. The van der Waals surface area contributed by atoms with Crippen molar-refractivity contribution in [3.63, 3.8) is 0 Å². The molecule has 1 atom stereocenters. The summed E-state index contributed by atoms with van der Waals surface area (Å²) in [7, 11) is 0. The first-order valence-electron chi connectivity index (χ1n) is 8.08. The maximum atomic E-state index is 11.7. The topological polar surface area (TPSA) is 84.1 Å². The summed E-state index contributed by atoms with van der Waals surface area (Å²) < 4.78 is 1.87. The summed E-state index contributed by atoms with van der Waals surface area (Å²) in [5.74, 6) is 0.663. The number of rotatable bonds is 4. The van der Waals surface area contributed by atoms with Gasteiger partial charge in [-0.05, 0) is 13.0 Å². The molecule has 1 aliphatic rings. The van der Waals surface area contributed by atoms with E-state index in [4.69, 9.17) is 11.6 Å². The molecule has 0 amide bonds. The highest BCUT2D eigenvalue weighted by Crippen LogP contribution is 2.30. The number of hydrogen-bond donors (Lipinski definition) is 1. The lowest BCUT2D eigenvalue weighted by Crippen LogP contribution is -2.47. The fraction of sp³-hybridized carbons (Fsp3) is 0.294. The molecule has 3 heterocycles. The zero-order valence-corrected chi connectivity index (χ0v) is 15.5. The highest BCUT2D eigenvalue weighted by molar-refractivity contribution is 7.09. The molecule has 1 aromatic carbocycles. The van der Waals surface area contributed by atoms with E-state index in [9.17, 15) is 9.90 Å². The Bertz CT molecular complexity index is 970. The van der Waals surface area contributed by atoms with Crippen LogP contribution in [0.25, 0.3) is 11.3 Å². The third kappa shape index (κ3) is 3.11. The van der Waals surface area contributed by atoms with E-state index in [0.29, 0.717) is 24.7 Å². The second-order valence-electron chi connectivity index (χ2n) is 6.14. The van der Waals surface area contributed by atoms with Gasteiger partial charge in [0.25, 0.3) is 0 Å². The molecule has 4 rings (SSSR count). The van der Waals surface area contributed by atoms with Crippen molar-refractivity contribution in [2.24, 2.45) is 0 Å². The van der Waals surface area contributed by atoms with Crippen LogP contribution < -0.4 is 0 Å². The van der Waals surface area contributed by atoms with Crippen LogP contribution in [-0.2, 0) is 24.4 Å². The van der Waals surface area contributed by atoms with Gasteiger partial charge in [0, 0.05) is 16.0 Å². The average molecular weight is 390 g/mol. The van der Waals surface area contributed by atoms with Gasteiger partial charge in [-0.3, -0.25) is 9.69 Å². The number of carboxylic acid groups (broad SMARTS) is 1. The van der Waals surface area contributed by atoms with Gasteiger partial charge < -0.3 is 9.67 Å². The van der Waals surface area contributed by atoms with Crippen molar-refractivity contribution < 1.29 is 9.90 Å². The van der Waals surface area contributed by atoms with E-state index in [-0.39, 0.29) is 0 Å². The molecule has 7 nitrogen and oxygen atoms in total. The Balaban J connectivity index is 1.58. The van der Waals surface area contributed by atoms with Crippen molar-refractivity contribution in [1.82, 2.24) is 24.6 Å². The number of carboxylic acids is 1. The van der Waals surface area contributed by atoms with Crippen LogP contribution in [0.3, 0.4) is 0 Å². The number of benzene rings is 1. The second kappa shape index (κ2) is 6.79. The maximum Gasteiger partial charge on any atom is 0.322 e. The lowest BCUT2D eigenvalue weighted by molar-refractivity contribution is -0.145. The van der Waals surface area contributed by atoms with Crippen LogP contribution in [0.1, 0.15) is 16.7 Å². The summed E-state index contributed by atoms with van der Waals surface area (Å²) in [5.41, 5.74) is 1.68. The number of aryl methyl sites for hydroxylation is 1. The van der Waals surface area contributed by atoms with E-state index in [0.717, 1.165) is 27.9 Å². The van der Waals surface area contributed by atoms with E-state index >= 15 is 0 Å². The first-order valence-corrected chi connectivity index (χ1v) is 9.33. The molecule has 1 unspecified atom stereocenters. The first kappa shape index (κ1) is 17.1. The van der Waals surface area contributed by atoms with Gasteiger partial charge in [0.1, 0.15) is 22.7 Å². The number of hydrogen-bond acceptors (Lipinski definition) is 6. The molecular weight excluding hydrogens is 374 g/mol. The van der Waals surface area contributed by atoms with Crippen molar-refractivity contribution >= 4 is 28.9 Å². The summed E-state index contributed by atoms with van der Waals surface area (Å²) in [4.78, 5) is 18.3. The number of halogens is 1. The van der Waals surface area contributed by atoms with Crippen LogP contribution in [-0.4, -0.2) is 41.8 Å². The first-order chi connectivity index (χ1) is 12.5. The normalized spacial score (nSPS) is 17.2. The number of carbonyl (C=O) groups is 1. The molecule has 1 N–H and O–H groups in total. The standard InChI is InChI=1S/C17H16ClN5O2S/c1-10-20-21-15-7-22(14(17(24)25)6-23(10)15)8-16-19-13(9-26-16)11-4-2-3-5-12(11)18/h2-5,9,14H,6-8H2,1H3,(H,24,25). The molecule has 134 valence electrons. The third-order valence-electron chi connectivity index (χ3n) is 4.48. The van der Waals surface area contributed by atoms with Crippen LogP contribution >= 0.6 is 22.9 Å². The molecule has 0 spiro atoms. The zero-order chi connectivity index (χ0) is 18.3. The van der Waals surface area contributed by atoms with E-state index in [1.165, 1.54) is 11.3 Å². The number of fused-ring (bicyclic) bond motifs is 1. The van der Waals surface area contributed by atoms with Crippen LogP contribution in [0.15, 0.2) is 29.6 Å². The van der Waals surface area contributed by atoms with Gasteiger partial charge in [0.05, 0.1) is 25.3 Å². The van der Waals surface area contributed by atoms with E-state index in [1.54, 1.807) is 0 Å². The molecule has 0 aliphatic carbocycles. The summed E-state index contributed by atoms with van der Waals surface area (Å²) >= 11 is 7.74. The summed E-state index contributed by atoms with van der Waals surface area (Å²) in [6.07, 6.45) is 0. The minimum Gasteiger partial charge on any atom is -0.480 e. The average Bonchev–Trinajstić information content (AvgIpc) is 3.22. The SMILES string of the molecule is Cc1nnc2n1CC(C(=O)O)N(Cc1nc(-c3ccccc3Cl)cs1)C2. The van der Waals surface area contributed by atoms with Gasteiger partial charge in [-0.2, -0.15) is 0 Å². The number of nitrogens with zero attached hydrogens (tertiary/aromatic N) is 5. The zero-order valence-electron chi connectivity index (χ0n) is 14.0. The Morgan fingerprint density at radius 2 is 2.19 bits per heavy atom. The molecule has 1 aliphatic heterocycles. The fourth-order valence-electron chi connectivity index (χ4n) is 3.11. The molecular formula is C17H16ClN5O2S. The summed E-state index contributed by atoms with van der Waals surface area (Å²) in [5, 5.41) is 21.3. The highest BCUT2D eigenvalue weighted by Gasteiger charge is 2.33. The van der Waals surface area contributed by atoms with Gasteiger partial charge in [0.2, 0.25) is 0 Å². The van der Waals surface area contributed by atoms with Crippen molar-refractivity contribution in [2.75, 3.05) is 0 Å². The molecule has 0 saturated carbocycles. The van der Waals surface area contributed by atoms with E-state index in [1.807, 2.05) is 46.0 Å². The smallest absolute Gasteiger partial charge is 0.322 e. The van der Waals surface area contributed by atoms with Crippen molar-refractivity contribution in [1.29, 1.82) is 0 Å². The predicted octanol–water partition coefficient (Wildman–Crippen LogP) is 2.83. The maximum absolute atomic E-state index is 11.7. The minimum atomic E-state index is -0.855. The van der Waals surface area contributed by atoms with Crippen molar-refractivity contribution in [2.45, 2.75) is 32.6 Å². The Kier molecular flexibility index (Phi) is 4.47. The van der Waals surface area contributed by atoms with Gasteiger partial charge in [-0.1, -0.05) is 29.8 Å². The lowest BCUT2D eigenvalue weighted by atomic mass is 10.2. The Labute approximate surface area is 158 Å². The molecule has 3 aromatic rings. The van der Waals surface area contributed by atoms with Crippen LogP contribution in [0, 0.1) is 6.92 Å². The molecule has 0 bridgehead atoms. The number of aromatic nitrogens is 4. The Morgan fingerprint density at radius 3 is 2.96 bits per heavy atom. The third-order valence-corrected chi connectivity index (χ3v) is 5.64. The molecule has 2 aromatic heterocycles. The fourth-order valence-corrected chi connectivity index (χ4v) is 4.16. The van der Waals surface area contributed by atoms with Crippen LogP contribution in [0.5, 0.6) is 0 Å². The van der Waals surface area contributed by atoms with Gasteiger partial charge >= 0.3 is 5.97 Å². The van der Waals surface area contributed by atoms with Gasteiger partial charge in [-0.15, -0.1) is 21.5 Å². The molecule has 0 fully saturated rings. The Morgan fingerprint density at radius 1 is 1.38 bits per heavy atom. The molecule has 0 radical (unpaired) electrons. The molecule has 0 saturated heterocycles. The van der Waals surface area contributed by atoms with E-state index < -0.39 is 12.0 Å². The summed E-state index contributed by atoms with van der Waals surface area (Å²) in [6, 6.07) is 6.91. The van der Waals surface area contributed by atoms with Crippen LogP contribution in [0.4, 0.5) is 0 Å². The lowest BCUT2D eigenvalue weighted by Gasteiger charge is -2.32. The second-order valence-corrected chi connectivity index (χ2v) is 7.49. The largest absolute Gasteiger partial charge is 0.480 e. The monoisotopic (exact) mass is 389 g/mol. The number of aliphatic carboxylic acids is 1. The molecule has 9 heteroatoms. The predicted molar refractivity (Wildman–Crippen MR) is 98.0 cm³/mol. The van der Waals surface area contributed by atoms with Crippen molar-refractivity contribution in [3.05, 3.63) is 51.3 Å². The van der Waals surface area contributed by atoms with Crippen molar-refractivity contribution in [3.8, 4) is 11.3 Å².